The molecule has 0 amide bonds. The van der Waals surface area contributed by atoms with Gasteiger partial charge in [0.2, 0.25) is 0 Å². The van der Waals surface area contributed by atoms with Crippen molar-refractivity contribution in [3.63, 3.8) is 0 Å². The summed E-state index contributed by atoms with van der Waals surface area (Å²) in [6, 6.07) is 45.6. The number of furan rings is 2. The minimum absolute atomic E-state index is 0.827. The van der Waals surface area contributed by atoms with Crippen molar-refractivity contribution >= 4 is 86.0 Å². The van der Waals surface area contributed by atoms with Crippen molar-refractivity contribution in [1.82, 2.24) is 0 Å². The van der Waals surface area contributed by atoms with Crippen LogP contribution in [0, 0.1) is 0 Å². The van der Waals surface area contributed by atoms with Gasteiger partial charge in [0.25, 0.3) is 0 Å². The fourth-order valence-corrected chi connectivity index (χ4v) is 8.31. The lowest BCUT2D eigenvalue weighted by molar-refractivity contribution is 0.616. The molecule has 0 spiro atoms. The highest BCUT2D eigenvalue weighted by Crippen LogP contribution is 2.50. The van der Waals surface area contributed by atoms with Crippen molar-refractivity contribution < 1.29 is 8.83 Å². The number of thiophene rings is 1. The van der Waals surface area contributed by atoms with Gasteiger partial charge in [-0.2, -0.15) is 0 Å². The first-order valence-corrected chi connectivity index (χ1v) is 15.3. The average molecular weight is 567 g/mol. The zero-order valence-electron chi connectivity index (χ0n) is 22.9. The van der Waals surface area contributed by atoms with Crippen molar-refractivity contribution in [2.24, 2.45) is 0 Å². The Balaban J connectivity index is 1.38. The summed E-state index contributed by atoms with van der Waals surface area (Å²) in [5, 5.41) is 10.7. The molecule has 10 rings (SSSR count). The fourth-order valence-electron chi connectivity index (χ4n) is 7.18. The summed E-state index contributed by atoms with van der Waals surface area (Å²) >= 11 is 1.86. The van der Waals surface area contributed by atoms with Crippen molar-refractivity contribution in [2.45, 2.75) is 0 Å². The molecule has 0 aliphatic heterocycles. The summed E-state index contributed by atoms with van der Waals surface area (Å²) in [6.45, 7) is 0. The molecule has 0 bridgehead atoms. The highest BCUT2D eigenvalue weighted by Gasteiger charge is 2.23. The van der Waals surface area contributed by atoms with Crippen LogP contribution in [0.4, 0.5) is 0 Å². The van der Waals surface area contributed by atoms with E-state index in [4.69, 9.17) is 8.83 Å². The Hall–Kier alpha value is -5.38. The van der Waals surface area contributed by atoms with Crippen LogP contribution in [0.5, 0.6) is 0 Å². The SMILES string of the molecule is c1ccc2c(c1)oc1c2ccc2occ(-c3c4ccccc4c(-c4cccc5sc6ccccc6c45)c4ccccc34)c21. The first kappa shape index (κ1) is 23.2. The van der Waals surface area contributed by atoms with Crippen LogP contribution in [-0.2, 0) is 0 Å². The van der Waals surface area contributed by atoms with Gasteiger partial charge >= 0.3 is 0 Å². The van der Waals surface area contributed by atoms with Gasteiger partial charge < -0.3 is 8.83 Å². The third-order valence-electron chi connectivity index (χ3n) is 8.95. The Bertz CT molecular complexity index is 2680. The van der Waals surface area contributed by atoms with Crippen LogP contribution >= 0.6 is 11.3 Å². The summed E-state index contributed by atoms with van der Waals surface area (Å²) in [7, 11) is 0. The predicted molar refractivity (Wildman–Crippen MR) is 182 cm³/mol. The second-order valence-corrected chi connectivity index (χ2v) is 12.3. The molecule has 2 nitrogen and oxygen atoms in total. The smallest absolute Gasteiger partial charge is 0.147 e. The van der Waals surface area contributed by atoms with Gasteiger partial charge in [0.1, 0.15) is 16.7 Å². The second kappa shape index (κ2) is 8.57. The van der Waals surface area contributed by atoms with E-state index in [9.17, 15) is 0 Å². The first-order chi connectivity index (χ1) is 21.3. The molecule has 0 radical (unpaired) electrons. The molecule has 0 fully saturated rings. The molecule has 10 aromatic rings. The highest BCUT2D eigenvalue weighted by molar-refractivity contribution is 7.25. The standard InChI is InChI=1S/C40H22O2S/c1-3-13-26-24(11-1)36(30-16-9-19-35-38(30)29-15-6-8-18-34(29)43-35)25-12-2-4-14-27(25)37(26)31-22-41-33-21-20-28-23-10-5-7-17-32(23)42-40(28)39(31)33/h1-22H. The van der Waals surface area contributed by atoms with Crippen LogP contribution < -0.4 is 0 Å². The van der Waals surface area contributed by atoms with Gasteiger partial charge in [-0.25, -0.2) is 0 Å². The van der Waals surface area contributed by atoms with E-state index in [0.29, 0.717) is 0 Å². The zero-order chi connectivity index (χ0) is 28.1. The summed E-state index contributed by atoms with van der Waals surface area (Å²) in [5.41, 5.74) is 7.35. The van der Waals surface area contributed by atoms with Gasteiger partial charge in [-0.3, -0.25) is 0 Å². The fraction of sp³-hybridized carbons (Fsp3) is 0. The van der Waals surface area contributed by atoms with Gasteiger partial charge in [-0.15, -0.1) is 11.3 Å². The Morgan fingerprint density at radius 2 is 1.00 bits per heavy atom. The summed E-state index contributed by atoms with van der Waals surface area (Å²) in [4.78, 5) is 0. The normalized spacial score (nSPS) is 12.2. The molecule has 43 heavy (non-hydrogen) atoms. The van der Waals surface area contributed by atoms with Crippen LogP contribution in [0.1, 0.15) is 0 Å². The summed E-state index contributed by atoms with van der Waals surface area (Å²) < 4.78 is 15.4. The second-order valence-electron chi connectivity index (χ2n) is 11.2. The van der Waals surface area contributed by atoms with Gasteiger partial charge in [-0.05, 0) is 63.0 Å². The van der Waals surface area contributed by atoms with E-state index in [0.717, 1.165) is 38.5 Å². The number of fused-ring (bicyclic) bond motifs is 10. The molecule has 0 aliphatic rings. The van der Waals surface area contributed by atoms with E-state index in [1.165, 1.54) is 58.4 Å². The van der Waals surface area contributed by atoms with E-state index in [2.05, 4.69) is 115 Å². The Morgan fingerprint density at radius 1 is 0.395 bits per heavy atom. The maximum Gasteiger partial charge on any atom is 0.147 e. The molecule has 0 saturated heterocycles. The van der Waals surface area contributed by atoms with E-state index >= 15 is 0 Å². The van der Waals surface area contributed by atoms with Crippen molar-refractivity contribution in [3.05, 3.63) is 134 Å². The van der Waals surface area contributed by atoms with Gasteiger partial charge in [0, 0.05) is 42.1 Å². The minimum atomic E-state index is 0.827. The van der Waals surface area contributed by atoms with Crippen molar-refractivity contribution in [3.8, 4) is 22.3 Å². The summed E-state index contributed by atoms with van der Waals surface area (Å²) in [6.07, 6.45) is 1.91. The molecule has 0 N–H and O–H groups in total. The molecular formula is C40H22O2S. The topological polar surface area (TPSA) is 26.3 Å². The van der Waals surface area contributed by atoms with E-state index < -0.39 is 0 Å². The molecule has 3 aromatic heterocycles. The largest absolute Gasteiger partial charge is 0.464 e. The van der Waals surface area contributed by atoms with E-state index in [1.807, 2.05) is 29.7 Å². The number of hydrogen-bond donors (Lipinski definition) is 0. The molecule has 0 unspecified atom stereocenters. The Labute approximate surface area is 250 Å². The monoisotopic (exact) mass is 566 g/mol. The number of para-hydroxylation sites is 1. The highest BCUT2D eigenvalue weighted by atomic mass is 32.1. The lowest BCUT2D eigenvalue weighted by Crippen LogP contribution is -1.91. The van der Waals surface area contributed by atoms with Crippen molar-refractivity contribution in [2.75, 3.05) is 0 Å². The quantitative estimate of drug-likeness (QED) is 0.195. The number of rotatable bonds is 2. The van der Waals surface area contributed by atoms with Crippen LogP contribution in [0.3, 0.4) is 0 Å². The molecule has 200 valence electrons. The van der Waals surface area contributed by atoms with Crippen LogP contribution in [0.2, 0.25) is 0 Å². The molecule has 0 atom stereocenters. The minimum Gasteiger partial charge on any atom is -0.464 e. The number of hydrogen-bond acceptors (Lipinski definition) is 3. The third-order valence-corrected chi connectivity index (χ3v) is 10.1. The van der Waals surface area contributed by atoms with Gasteiger partial charge in [0.15, 0.2) is 0 Å². The third kappa shape index (κ3) is 3.12. The lowest BCUT2D eigenvalue weighted by Gasteiger charge is -2.18. The molecule has 0 aliphatic carbocycles. The van der Waals surface area contributed by atoms with Crippen LogP contribution in [0.25, 0.3) is 96.9 Å². The zero-order valence-corrected chi connectivity index (χ0v) is 23.7. The van der Waals surface area contributed by atoms with Gasteiger partial charge in [0.05, 0.1) is 11.6 Å². The molecule has 3 heteroatoms. The average Bonchev–Trinajstić information content (AvgIpc) is 3.76. The maximum absolute atomic E-state index is 6.52. The molecular weight excluding hydrogens is 545 g/mol. The Kier molecular flexibility index (Phi) is 4.63. The predicted octanol–water partition coefficient (Wildman–Crippen LogP) is 12.3. The molecule has 0 saturated carbocycles. The maximum atomic E-state index is 6.52. The lowest BCUT2D eigenvalue weighted by atomic mass is 9.85. The number of benzene rings is 7. The first-order valence-electron chi connectivity index (χ1n) is 14.5. The van der Waals surface area contributed by atoms with Crippen LogP contribution in [0.15, 0.2) is 142 Å². The molecule has 3 heterocycles. The van der Waals surface area contributed by atoms with Crippen molar-refractivity contribution in [1.29, 1.82) is 0 Å². The van der Waals surface area contributed by atoms with E-state index in [-0.39, 0.29) is 0 Å². The Morgan fingerprint density at radius 3 is 1.74 bits per heavy atom. The van der Waals surface area contributed by atoms with Gasteiger partial charge in [-0.1, -0.05) is 97.1 Å². The molecule has 7 aromatic carbocycles. The summed E-state index contributed by atoms with van der Waals surface area (Å²) in [5.74, 6) is 0. The van der Waals surface area contributed by atoms with E-state index in [1.54, 1.807) is 0 Å². The van der Waals surface area contributed by atoms with Crippen LogP contribution in [-0.4, -0.2) is 0 Å².